The number of benzene rings is 1. The Hall–Kier alpha value is -1.10. The highest BCUT2D eigenvalue weighted by atomic mass is 35.5. The maximum absolute atomic E-state index is 12.5. The second-order valence-corrected chi connectivity index (χ2v) is 6.30. The fourth-order valence-corrected chi connectivity index (χ4v) is 3.01. The molecular formula is C17H24Cl2N2O2. The lowest BCUT2D eigenvalue weighted by Crippen LogP contribution is -2.47. The molecule has 1 aromatic carbocycles. The van der Waals surface area contributed by atoms with Crippen molar-refractivity contribution in [3.8, 4) is 0 Å². The molecule has 1 aliphatic heterocycles. The van der Waals surface area contributed by atoms with Gasteiger partial charge in [0.25, 0.3) is 0 Å². The number of carbonyl (C=O) groups excluding carboxylic acids is 2. The Morgan fingerprint density at radius 2 is 1.83 bits per heavy atom. The van der Waals surface area contributed by atoms with Crippen LogP contribution in [0.3, 0.4) is 0 Å². The van der Waals surface area contributed by atoms with Crippen LogP contribution < -0.4 is 5.73 Å². The molecule has 0 aromatic heterocycles. The first kappa shape index (κ1) is 19.9. The molecule has 1 aromatic rings. The van der Waals surface area contributed by atoms with E-state index in [1.54, 1.807) is 29.2 Å². The Morgan fingerprint density at radius 3 is 2.35 bits per heavy atom. The number of carbonyl (C=O) groups is 2. The number of nitrogens with zero attached hydrogens (tertiary/aromatic N) is 1. The molecule has 128 valence electrons. The lowest BCUT2D eigenvalue weighted by molar-refractivity contribution is -0.134. The van der Waals surface area contributed by atoms with Crippen molar-refractivity contribution >= 4 is 35.7 Å². The quantitative estimate of drug-likeness (QED) is 0.821. The van der Waals surface area contributed by atoms with Gasteiger partial charge in [-0.15, -0.1) is 12.4 Å². The SMILES string of the molecule is CCCC(N)C(=O)N1CCC(C(=O)c2ccc(Cl)cc2)CC1.Cl. The van der Waals surface area contributed by atoms with Crippen molar-refractivity contribution in [1.29, 1.82) is 0 Å². The van der Waals surface area contributed by atoms with Gasteiger partial charge in [0, 0.05) is 29.6 Å². The third kappa shape index (κ3) is 5.20. The molecule has 1 unspecified atom stereocenters. The van der Waals surface area contributed by atoms with E-state index >= 15 is 0 Å². The molecule has 1 fully saturated rings. The van der Waals surface area contributed by atoms with Crippen LogP contribution in [-0.4, -0.2) is 35.7 Å². The van der Waals surface area contributed by atoms with E-state index in [1.165, 1.54) is 0 Å². The molecule has 4 nitrogen and oxygen atoms in total. The lowest BCUT2D eigenvalue weighted by atomic mass is 9.88. The second-order valence-electron chi connectivity index (χ2n) is 5.87. The fraction of sp³-hybridized carbons (Fsp3) is 0.529. The number of Topliss-reactive ketones (excluding diaryl/α,β-unsaturated/α-hetero) is 1. The summed E-state index contributed by atoms with van der Waals surface area (Å²) in [6.07, 6.45) is 3.01. The van der Waals surface area contributed by atoms with Gasteiger partial charge < -0.3 is 10.6 Å². The maximum Gasteiger partial charge on any atom is 0.239 e. The molecule has 2 rings (SSSR count). The minimum atomic E-state index is -0.409. The number of amides is 1. The molecular weight excluding hydrogens is 335 g/mol. The molecule has 0 radical (unpaired) electrons. The minimum absolute atomic E-state index is 0. The molecule has 1 aliphatic rings. The first-order valence-electron chi connectivity index (χ1n) is 7.87. The summed E-state index contributed by atoms with van der Waals surface area (Å²) in [4.78, 5) is 26.4. The third-order valence-electron chi connectivity index (χ3n) is 4.22. The average molecular weight is 359 g/mol. The van der Waals surface area contributed by atoms with E-state index in [-0.39, 0.29) is 30.0 Å². The van der Waals surface area contributed by atoms with E-state index in [9.17, 15) is 9.59 Å². The van der Waals surface area contributed by atoms with Gasteiger partial charge in [-0.2, -0.15) is 0 Å². The van der Waals surface area contributed by atoms with E-state index in [2.05, 4.69) is 0 Å². The van der Waals surface area contributed by atoms with E-state index < -0.39 is 6.04 Å². The van der Waals surface area contributed by atoms with Crippen molar-refractivity contribution in [3.63, 3.8) is 0 Å². The maximum atomic E-state index is 12.5. The number of rotatable bonds is 5. The monoisotopic (exact) mass is 358 g/mol. The Morgan fingerprint density at radius 1 is 1.26 bits per heavy atom. The number of halogens is 2. The number of hydrogen-bond acceptors (Lipinski definition) is 3. The summed E-state index contributed by atoms with van der Waals surface area (Å²) >= 11 is 5.84. The zero-order valence-corrected chi connectivity index (χ0v) is 14.9. The smallest absolute Gasteiger partial charge is 0.239 e. The molecule has 23 heavy (non-hydrogen) atoms. The van der Waals surface area contributed by atoms with Crippen molar-refractivity contribution in [2.75, 3.05) is 13.1 Å². The number of piperidine rings is 1. The Balaban J connectivity index is 0.00000264. The normalized spacial score (nSPS) is 16.6. The van der Waals surface area contributed by atoms with Crippen LogP contribution >= 0.6 is 24.0 Å². The number of nitrogens with two attached hydrogens (primary N) is 1. The standard InChI is InChI=1S/C17H23ClN2O2.ClH/c1-2-3-15(19)17(22)20-10-8-13(9-11-20)16(21)12-4-6-14(18)7-5-12;/h4-7,13,15H,2-3,8-11,19H2,1H3;1H. The van der Waals surface area contributed by atoms with Gasteiger partial charge in [0.1, 0.15) is 0 Å². The van der Waals surface area contributed by atoms with Crippen molar-refractivity contribution in [2.24, 2.45) is 11.7 Å². The van der Waals surface area contributed by atoms with Gasteiger partial charge in [0.15, 0.2) is 5.78 Å². The fourth-order valence-electron chi connectivity index (χ4n) is 2.88. The van der Waals surface area contributed by atoms with Gasteiger partial charge in [0.05, 0.1) is 6.04 Å². The van der Waals surface area contributed by atoms with Crippen molar-refractivity contribution in [1.82, 2.24) is 4.90 Å². The third-order valence-corrected chi connectivity index (χ3v) is 4.48. The molecule has 0 saturated carbocycles. The summed E-state index contributed by atoms with van der Waals surface area (Å²) in [6, 6.07) is 6.58. The first-order valence-corrected chi connectivity index (χ1v) is 8.25. The highest BCUT2D eigenvalue weighted by molar-refractivity contribution is 6.30. The average Bonchev–Trinajstić information content (AvgIpc) is 2.54. The van der Waals surface area contributed by atoms with Crippen molar-refractivity contribution < 1.29 is 9.59 Å². The predicted molar refractivity (Wildman–Crippen MR) is 95.2 cm³/mol. The zero-order chi connectivity index (χ0) is 16.1. The first-order chi connectivity index (χ1) is 10.5. The van der Waals surface area contributed by atoms with Gasteiger partial charge in [0.2, 0.25) is 5.91 Å². The molecule has 0 aliphatic carbocycles. The molecule has 1 amide bonds. The highest BCUT2D eigenvalue weighted by Crippen LogP contribution is 2.23. The van der Waals surface area contributed by atoms with Crippen molar-refractivity contribution in [3.05, 3.63) is 34.9 Å². The summed E-state index contributed by atoms with van der Waals surface area (Å²) in [5, 5.41) is 0.627. The van der Waals surface area contributed by atoms with Crippen LogP contribution in [0.1, 0.15) is 43.0 Å². The van der Waals surface area contributed by atoms with Crippen LogP contribution in [0.2, 0.25) is 5.02 Å². The number of likely N-dealkylation sites (tertiary alicyclic amines) is 1. The molecule has 1 atom stereocenters. The van der Waals surface area contributed by atoms with Crippen molar-refractivity contribution in [2.45, 2.75) is 38.6 Å². The van der Waals surface area contributed by atoms with Crippen LogP contribution in [0, 0.1) is 5.92 Å². The van der Waals surface area contributed by atoms with Gasteiger partial charge in [-0.05, 0) is 43.5 Å². The summed E-state index contributed by atoms with van der Waals surface area (Å²) in [6.45, 7) is 3.24. The van der Waals surface area contributed by atoms with Crippen LogP contribution in [0.15, 0.2) is 24.3 Å². The van der Waals surface area contributed by atoms with E-state index in [0.717, 1.165) is 6.42 Å². The molecule has 0 spiro atoms. The Labute approximate surface area is 148 Å². The molecule has 0 bridgehead atoms. The summed E-state index contributed by atoms with van der Waals surface area (Å²) in [5.74, 6) is 0.133. The van der Waals surface area contributed by atoms with Crippen LogP contribution in [0.25, 0.3) is 0 Å². The van der Waals surface area contributed by atoms with Gasteiger partial charge in [-0.1, -0.05) is 24.9 Å². The Bertz CT molecular complexity index is 526. The largest absolute Gasteiger partial charge is 0.341 e. The lowest BCUT2D eigenvalue weighted by Gasteiger charge is -2.33. The molecule has 1 heterocycles. The van der Waals surface area contributed by atoms with Crippen LogP contribution in [0.5, 0.6) is 0 Å². The van der Waals surface area contributed by atoms with Gasteiger partial charge in [-0.3, -0.25) is 9.59 Å². The van der Waals surface area contributed by atoms with Crippen LogP contribution in [-0.2, 0) is 4.79 Å². The zero-order valence-electron chi connectivity index (χ0n) is 13.3. The highest BCUT2D eigenvalue weighted by Gasteiger charge is 2.29. The minimum Gasteiger partial charge on any atom is -0.341 e. The second kappa shape index (κ2) is 9.26. The van der Waals surface area contributed by atoms with Gasteiger partial charge in [-0.25, -0.2) is 0 Å². The van der Waals surface area contributed by atoms with E-state index in [0.29, 0.717) is 42.9 Å². The number of hydrogen-bond donors (Lipinski definition) is 1. The summed E-state index contributed by atoms with van der Waals surface area (Å²) in [7, 11) is 0. The van der Waals surface area contributed by atoms with E-state index in [4.69, 9.17) is 17.3 Å². The molecule has 1 saturated heterocycles. The predicted octanol–water partition coefficient (Wildman–Crippen LogP) is 3.31. The number of ketones is 1. The Kier molecular flexibility index (Phi) is 8.03. The molecule has 6 heteroatoms. The summed E-state index contributed by atoms with van der Waals surface area (Å²) < 4.78 is 0. The molecule has 2 N–H and O–H groups in total. The van der Waals surface area contributed by atoms with Gasteiger partial charge >= 0.3 is 0 Å². The topological polar surface area (TPSA) is 63.4 Å². The van der Waals surface area contributed by atoms with Crippen LogP contribution in [0.4, 0.5) is 0 Å². The van der Waals surface area contributed by atoms with E-state index in [1.807, 2.05) is 6.92 Å². The summed E-state index contributed by atoms with van der Waals surface area (Å²) in [5.41, 5.74) is 6.58.